The van der Waals surface area contributed by atoms with Crippen molar-refractivity contribution in [1.29, 1.82) is 0 Å². The van der Waals surface area contributed by atoms with Crippen LogP contribution in [0.5, 0.6) is 0 Å². The topological polar surface area (TPSA) is 58.6 Å². The molecule has 18 heavy (non-hydrogen) atoms. The van der Waals surface area contributed by atoms with Crippen LogP contribution in [0.1, 0.15) is 6.42 Å². The molecule has 1 N–H and O–H groups in total. The minimum absolute atomic E-state index is 0.0573. The number of hydroxylamine groups is 1. The second-order valence-electron chi connectivity index (χ2n) is 4.03. The minimum Gasteiger partial charge on any atom is -0.310 e. The maximum atomic E-state index is 11.9. The summed E-state index contributed by atoms with van der Waals surface area (Å²) in [6.07, 6.45) is 0.205. The highest BCUT2D eigenvalue weighted by atomic mass is 79.9. The van der Waals surface area contributed by atoms with Crippen LogP contribution in [-0.4, -0.2) is 25.5 Å². The molecule has 6 heteroatoms. The first kappa shape index (κ1) is 13.0. The van der Waals surface area contributed by atoms with Crippen LogP contribution in [-0.2, 0) is 14.4 Å². The average Bonchev–Trinajstić information content (AvgIpc) is 2.72. The predicted octanol–water partition coefficient (Wildman–Crippen LogP) is 1.48. The van der Waals surface area contributed by atoms with Gasteiger partial charge in [-0.1, -0.05) is 12.1 Å². The Morgan fingerprint density at radius 1 is 1.50 bits per heavy atom. The van der Waals surface area contributed by atoms with Crippen molar-refractivity contribution in [2.45, 2.75) is 6.42 Å². The van der Waals surface area contributed by atoms with E-state index < -0.39 is 0 Å². The number of carbonyl (C=O) groups is 2. The van der Waals surface area contributed by atoms with Gasteiger partial charge >= 0.3 is 0 Å². The Hall–Kier alpha value is -1.40. The highest BCUT2D eigenvalue weighted by Gasteiger charge is 2.35. The van der Waals surface area contributed by atoms with Crippen LogP contribution in [0.3, 0.4) is 0 Å². The molecule has 2 rings (SSSR count). The molecule has 96 valence electrons. The molecule has 0 aliphatic carbocycles. The molecule has 0 aromatic heterocycles. The van der Waals surface area contributed by atoms with Gasteiger partial charge in [0.2, 0.25) is 11.8 Å². The number of para-hydroxylation sites is 1. The summed E-state index contributed by atoms with van der Waals surface area (Å²) < 4.78 is 0.839. The van der Waals surface area contributed by atoms with Crippen molar-refractivity contribution in [1.82, 2.24) is 5.48 Å². The third-order valence-corrected chi connectivity index (χ3v) is 3.51. The highest BCUT2D eigenvalue weighted by Crippen LogP contribution is 2.31. The van der Waals surface area contributed by atoms with Gasteiger partial charge in [-0.3, -0.25) is 14.4 Å². The van der Waals surface area contributed by atoms with E-state index >= 15 is 0 Å². The number of nitrogens with one attached hydrogen (secondary N) is 1. The number of nitrogens with zero attached hydrogens (tertiary/aromatic N) is 1. The van der Waals surface area contributed by atoms with Crippen LogP contribution in [0.25, 0.3) is 0 Å². The fourth-order valence-corrected chi connectivity index (χ4v) is 2.47. The van der Waals surface area contributed by atoms with Crippen LogP contribution in [0, 0.1) is 5.92 Å². The van der Waals surface area contributed by atoms with E-state index in [0.717, 1.165) is 10.2 Å². The smallest absolute Gasteiger partial charge is 0.248 e. The molecular weight excluding hydrogens is 300 g/mol. The number of carbonyl (C=O) groups excluding carboxylic acids is 2. The van der Waals surface area contributed by atoms with Gasteiger partial charge in [0, 0.05) is 17.4 Å². The number of hydrogen-bond donors (Lipinski definition) is 1. The van der Waals surface area contributed by atoms with Gasteiger partial charge in [-0.15, -0.1) is 0 Å². The van der Waals surface area contributed by atoms with Crippen LogP contribution in [0.15, 0.2) is 28.7 Å². The van der Waals surface area contributed by atoms with E-state index in [1.54, 1.807) is 4.90 Å². The molecule has 2 amide bonds. The number of benzene rings is 1. The Balaban J connectivity index is 2.15. The number of halogens is 1. The van der Waals surface area contributed by atoms with Gasteiger partial charge < -0.3 is 4.90 Å². The van der Waals surface area contributed by atoms with Crippen LogP contribution in [0.4, 0.5) is 5.69 Å². The van der Waals surface area contributed by atoms with Crippen molar-refractivity contribution in [3.05, 3.63) is 28.7 Å². The zero-order valence-electron chi connectivity index (χ0n) is 9.85. The van der Waals surface area contributed by atoms with E-state index in [-0.39, 0.29) is 24.2 Å². The number of rotatable bonds is 3. The molecule has 5 nitrogen and oxygen atoms in total. The van der Waals surface area contributed by atoms with Gasteiger partial charge in [-0.2, -0.15) is 0 Å². The molecule has 1 aliphatic rings. The minimum atomic E-state index is -0.371. The predicted molar refractivity (Wildman–Crippen MR) is 69.8 cm³/mol. The third kappa shape index (κ3) is 2.54. The molecule has 0 spiro atoms. The summed E-state index contributed by atoms with van der Waals surface area (Å²) in [5.74, 6) is -0.692. The summed E-state index contributed by atoms with van der Waals surface area (Å²) in [5, 5.41) is 0. The Kier molecular flexibility index (Phi) is 3.98. The standard InChI is InChI=1S/C12H13BrN2O3/c1-18-14-12(17)8-6-11(16)15(7-8)10-5-3-2-4-9(10)13/h2-5,8H,6-7H2,1H3,(H,14,17). The van der Waals surface area contributed by atoms with E-state index in [4.69, 9.17) is 0 Å². The van der Waals surface area contributed by atoms with Crippen LogP contribution < -0.4 is 10.4 Å². The maximum Gasteiger partial charge on any atom is 0.248 e. The number of amides is 2. The molecule has 1 atom stereocenters. The number of hydrogen-bond acceptors (Lipinski definition) is 3. The first-order valence-corrected chi connectivity index (χ1v) is 6.30. The van der Waals surface area contributed by atoms with Crippen molar-refractivity contribution in [3.63, 3.8) is 0 Å². The first-order valence-electron chi connectivity index (χ1n) is 5.51. The number of anilines is 1. The van der Waals surface area contributed by atoms with E-state index in [2.05, 4.69) is 26.2 Å². The van der Waals surface area contributed by atoms with Gasteiger partial charge in [0.1, 0.15) is 0 Å². The second kappa shape index (κ2) is 5.49. The average molecular weight is 313 g/mol. The lowest BCUT2D eigenvalue weighted by atomic mass is 10.1. The Morgan fingerprint density at radius 3 is 2.89 bits per heavy atom. The first-order chi connectivity index (χ1) is 8.63. The van der Waals surface area contributed by atoms with Crippen molar-refractivity contribution in [3.8, 4) is 0 Å². The summed E-state index contributed by atoms with van der Waals surface area (Å²) in [5.41, 5.74) is 3.05. The van der Waals surface area contributed by atoms with E-state index in [1.807, 2.05) is 24.3 Å². The summed E-state index contributed by atoms with van der Waals surface area (Å²) in [4.78, 5) is 29.7. The molecule has 0 bridgehead atoms. The third-order valence-electron chi connectivity index (χ3n) is 2.84. The van der Waals surface area contributed by atoms with E-state index in [1.165, 1.54) is 7.11 Å². The fourth-order valence-electron chi connectivity index (χ4n) is 1.97. The maximum absolute atomic E-state index is 11.9. The van der Waals surface area contributed by atoms with E-state index in [9.17, 15) is 9.59 Å². The summed E-state index contributed by atoms with van der Waals surface area (Å²) in [7, 11) is 1.38. The van der Waals surface area contributed by atoms with Crippen LogP contribution >= 0.6 is 15.9 Å². The van der Waals surface area contributed by atoms with Gasteiger partial charge in [0.25, 0.3) is 0 Å². The van der Waals surface area contributed by atoms with Gasteiger partial charge in [0.05, 0.1) is 18.7 Å². The largest absolute Gasteiger partial charge is 0.310 e. The van der Waals surface area contributed by atoms with Crippen molar-refractivity contribution < 1.29 is 14.4 Å². The zero-order chi connectivity index (χ0) is 13.1. The lowest BCUT2D eigenvalue weighted by Crippen LogP contribution is -2.32. The molecule has 1 aromatic carbocycles. The second-order valence-corrected chi connectivity index (χ2v) is 4.88. The van der Waals surface area contributed by atoms with Crippen LogP contribution in [0.2, 0.25) is 0 Å². The highest BCUT2D eigenvalue weighted by molar-refractivity contribution is 9.10. The fraction of sp³-hybridized carbons (Fsp3) is 0.333. The Labute approximate surface area is 113 Å². The summed E-state index contributed by atoms with van der Waals surface area (Å²) in [6.45, 7) is 0.372. The Morgan fingerprint density at radius 2 is 2.22 bits per heavy atom. The molecule has 0 radical (unpaired) electrons. The zero-order valence-corrected chi connectivity index (χ0v) is 11.4. The molecule has 1 aliphatic heterocycles. The normalized spacial score (nSPS) is 19.1. The lowest BCUT2D eigenvalue weighted by molar-refractivity contribution is -0.135. The molecular formula is C12H13BrN2O3. The molecule has 1 unspecified atom stereocenters. The molecule has 1 aromatic rings. The van der Waals surface area contributed by atoms with Crippen molar-refractivity contribution >= 4 is 33.4 Å². The van der Waals surface area contributed by atoms with Gasteiger partial charge in [-0.05, 0) is 28.1 Å². The molecule has 1 heterocycles. The van der Waals surface area contributed by atoms with Gasteiger partial charge in [0.15, 0.2) is 0 Å². The summed E-state index contributed by atoms with van der Waals surface area (Å²) in [6, 6.07) is 7.45. The Bertz CT molecular complexity index is 478. The quantitative estimate of drug-likeness (QED) is 0.860. The molecule has 1 saturated heterocycles. The monoisotopic (exact) mass is 312 g/mol. The van der Waals surface area contributed by atoms with Crippen molar-refractivity contribution in [2.75, 3.05) is 18.6 Å². The summed E-state index contributed by atoms with van der Waals surface area (Å²) >= 11 is 3.40. The van der Waals surface area contributed by atoms with E-state index in [0.29, 0.717) is 6.54 Å². The lowest BCUT2D eigenvalue weighted by Gasteiger charge is -2.18. The molecule has 0 saturated carbocycles. The van der Waals surface area contributed by atoms with Gasteiger partial charge in [-0.25, -0.2) is 5.48 Å². The van der Waals surface area contributed by atoms with Crippen molar-refractivity contribution in [2.24, 2.45) is 5.92 Å². The molecule has 1 fully saturated rings. The SMILES string of the molecule is CONC(=O)C1CC(=O)N(c2ccccc2Br)C1.